The molecule has 0 spiro atoms. The first-order valence-electron chi connectivity index (χ1n) is 6.36. The molecule has 3 nitrogen and oxygen atoms in total. The normalized spacial score (nSPS) is 12.2. The minimum atomic E-state index is 0.155. The summed E-state index contributed by atoms with van der Waals surface area (Å²) < 4.78 is 1.99. The maximum Gasteiger partial charge on any atom is 0.153 e. The number of hydrogen-bond acceptors (Lipinski definition) is 2. The Labute approximate surface area is 103 Å². The molecule has 0 unspecified atom stereocenters. The fourth-order valence-electron chi connectivity index (χ4n) is 2.58. The van der Waals surface area contributed by atoms with Crippen molar-refractivity contribution in [2.75, 3.05) is 0 Å². The van der Waals surface area contributed by atoms with Gasteiger partial charge in [-0.2, -0.15) is 5.10 Å². The van der Waals surface area contributed by atoms with Crippen LogP contribution in [0.15, 0.2) is 18.5 Å². The van der Waals surface area contributed by atoms with E-state index >= 15 is 0 Å². The van der Waals surface area contributed by atoms with Crippen molar-refractivity contribution >= 4 is 5.65 Å². The number of unbranched alkanes of at least 4 members (excludes halogenated alkanes) is 1. The predicted octanol–water partition coefficient (Wildman–Crippen LogP) is 3.51. The van der Waals surface area contributed by atoms with Crippen LogP contribution >= 0.6 is 0 Å². The Hall–Kier alpha value is -1.38. The Balaban J connectivity index is 2.50. The number of aromatic nitrogens is 3. The molecule has 3 heteroatoms. The first-order valence-corrected chi connectivity index (χ1v) is 6.36. The Bertz CT molecular complexity index is 511. The molecule has 2 heterocycles. The van der Waals surface area contributed by atoms with Gasteiger partial charge in [0.2, 0.25) is 0 Å². The predicted molar refractivity (Wildman–Crippen MR) is 70.3 cm³/mol. The molecule has 2 aromatic heterocycles. The van der Waals surface area contributed by atoms with E-state index < -0.39 is 0 Å². The number of hydrogen-bond donors (Lipinski definition) is 0. The van der Waals surface area contributed by atoms with Gasteiger partial charge in [-0.1, -0.05) is 33.6 Å². The van der Waals surface area contributed by atoms with E-state index in [0.717, 1.165) is 5.65 Å². The summed E-state index contributed by atoms with van der Waals surface area (Å²) in [6, 6.07) is 2.12. The largest absolute Gasteiger partial charge is 0.235 e. The van der Waals surface area contributed by atoms with Crippen LogP contribution in [0.1, 0.15) is 51.3 Å². The third kappa shape index (κ3) is 2.19. The summed E-state index contributed by atoms with van der Waals surface area (Å²) in [7, 11) is 0. The number of rotatable bonds is 4. The van der Waals surface area contributed by atoms with Crippen molar-refractivity contribution in [3.05, 3.63) is 29.7 Å². The molecule has 0 saturated carbocycles. The molecule has 2 rings (SSSR count). The molecule has 17 heavy (non-hydrogen) atoms. The molecular formula is C14H21N3. The first kappa shape index (κ1) is 12.1. The van der Waals surface area contributed by atoms with E-state index in [4.69, 9.17) is 0 Å². The van der Waals surface area contributed by atoms with Crippen LogP contribution in [0.2, 0.25) is 0 Å². The highest BCUT2D eigenvalue weighted by Crippen LogP contribution is 2.32. The number of nitrogens with zero attached hydrogens (tertiary/aromatic N) is 3. The first-order chi connectivity index (χ1) is 8.06. The quantitative estimate of drug-likeness (QED) is 0.806. The van der Waals surface area contributed by atoms with E-state index in [-0.39, 0.29) is 5.41 Å². The molecule has 2 aromatic rings. The van der Waals surface area contributed by atoms with Gasteiger partial charge in [0, 0.05) is 11.6 Å². The second-order valence-corrected chi connectivity index (χ2v) is 5.38. The second kappa shape index (κ2) is 4.47. The molecule has 0 radical (unpaired) electrons. The van der Waals surface area contributed by atoms with Gasteiger partial charge in [-0.05, 0) is 25.0 Å². The smallest absolute Gasteiger partial charge is 0.153 e. The average Bonchev–Trinajstić information content (AvgIpc) is 2.63. The molecule has 0 aliphatic rings. The van der Waals surface area contributed by atoms with Crippen molar-refractivity contribution in [3.63, 3.8) is 0 Å². The van der Waals surface area contributed by atoms with Crippen molar-refractivity contribution in [1.29, 1.82) is 0 Å². The van der Waals surface area contributed by atoms with E-state index in [1.165, 1.54) is 30.5 Å². The van der Waals surface area contributed by atoms with Crippen molar-refractivity contribution < 1.29 is 0 Å². The molecule has 0 N–H and O–H groups in total. The van der Waals surface area contributed by atoms with Gasteiger partial charge in [0.25, 0.3) is 0 Å². The minimum absolute atomic E-state index is 0.155. The Morgan fingerprint density at radius 1 is 1.29 bits per heavy atom. The molecule has 0 bridgehead atoms. The summed E-state index contributed by atoms with van der Waals surface area (Å²) >= 11 is 0. The van der Waals surface area contributed by atoms with Crippen LogP contribution in [0, 0.1) is 6.92 Å². The van der Waals surface area contributed by atoms with Gasteiger partial charge in [0.05, 0.1) is 11.9 Å². The van der Waals surface area contributed by atoms with Gasteiger partial charge >= 0.3 is 0 Å². The monoisotopic (exact) mass is 231 g/mol. The Kier molecular flexibility index (Phi) is 3.18. The van der Waals surface area contributed by atoms with E-state index in [1.54, 1.807) is 12.4 Å². The highest BCUT2D eigenvalue weighted by atomic mass is 15.3. The highest BCUT2D eigenvalue weighted by molar-refractivity contribution is 5.47. The Morgan fingerprint density at radius 3 is 2.76 bits per heavy atom. The highest BCUT2D eigenvalue weighted by Gasteiger charge is 2.26. The molecule has 0 amide bonds. The van der Waals surface area contributed by atoms with Gasteiger partial charge in [-0.25, -0.2) is 9.50 Å². The molecule has 0 aliphatic carbocycles. The summed E-state index contributed by atoms with van der Waals surface area (Å²) in [6.07, 6.45) is 7.17. The van der Waals surface area contributed by atoms with Crippen LogP contribution in [-0.2, 0) is 5.41 Å². The summed E-state index contributed by atoms with van der Waals surface area (Å²) in [5.74, 6) is 0. The van der Waals surface area contributed by atoms with Crippen LogP contribution in [0.5, 0.6) is 0 Å². The lowest BCUT2D eigenvalue weighted by atomic mass is 9.82. The van der Waals surface area contributed by atoms with Crippen LogP contribution in [0.25, 0.3) is 5.65 Å². The summed E-state index contributed by atoms with van der Waals surface area (Å²) in [5.41, 5.74) is 3.69. The third-order valence-corrected chi connectivity index (χ3v) is 3.40. The van der Waals surface area contributed by atoms with Gasteiger partial charge < -0.3 is 0 Å². The molecule has 0 aromatic carbocycles. The van der Waals surface area contributed by atoms with E-state index in [0.29, 0.717) is 0 Å². The number of fused-ring (bicyclic) bond motifs is 1. The lowest BCUT2D eigenvalue weighted by Gasteiger charge is -2.25. The van der Waals surface area contributed by atoms with Crippen molar-refractivity contribution in [2.45, 2.75) is 52.4 Å². The molecule has 0 atom stereocenters. The minimum Gasteiger partial charge on any atom is -0.235 e. The van der Waals surface area contributed by atoms with Crippen LogP contribution in [0.4, 0.5) is 0 Å². The van der Waals surface area contributed by atoms with Crippen molar-refractivity contribution in [1.82, 2.24) is 14.6 Å². The summed E-state index contributed by atoms with van der Waals surface area (Å²) in [6.45, 7) is 8.98. The second-order valence-electron chi connectivity index (χ2n) is 5.38. The maximum absolute atomic E-state index is 4.43. The van der Waals surface area contributed by atoms with Crippen LogP contribution in [0.3, 0.4) is 0 Å². The zero-order valence-corrected chi connectivity index (χ0v) is 11.2. The van der Waals surface area contributed by atoms with E-state index in [9.17, 15) is 0 Å². The zero-order valence-electron chi connectivity index (χ0n) is 11.2. The third-order valence-electron chi connectivity index (χ3n) is 3.40. The molecular weight excluding hydrogens is 210 g/mol. The fourth-order valence-corrected chi connectivity index (χ4v) is 2.58. The summed E-state index contributed by atoms with van der Waals surface area (Å²) in [5, 5.41) is 4.43. The molecule has 0 saturated heterocycles. The molecule has 0 fully saturated rings. The lowest BCUT2D eigenvalue weighted by Crippen LogP contribution is -2.21. The van der Waals surface area contributed by atoms with Gasteiger partial charge in [-0.3, -0.25) is 0 Å². The van der Waals surface area contributed by atoms with Gasteiger partial charge in [0.15, 0.2) is 5.65 Å². The van der Waals surface area contributed by atoms with E-state index in [2.05, 4.69) is 43.8 Å². The zero-order chi connectivity index (χ0) is 12.5. The van der Waals surface area contributed by atoms with Crippen molar-refractivity contribution in [3.8, 4) is 0 Å². The van der Waals surface area contributed by atoms with Gasteiger partial charge in [-0.15, -0.1) is 0 Å². The van der Waals surface area contributed by atoms with Gasteiger partial charge in [0.1, 0.15) is 0 Å². The van der Waals surface area contributed by atoms with Crippen LogP contribution < -0.4 is 0 Å². The standard InChI is InChI=1S/C14H21N3/c1-5-6-7-14(3,4)13-11(2)10-12-15-8-9-16-17(12)13/h8-10H,5-7H2,1-4H3. The summed E-state index contributed by atoms with van der Waals surface area (Å²) in [4.78, 5) is 4.36. The maximum atomic E-state index is 4.43. The fraction of sp³-hybridized carbons (Fsp3) is 0.571. The topological polar surface area (TPSA) is 30.2 Å². The molecule has 92 valence electrons. The SMILES string of the molecule is CCCCC(C)(C)c1c(C)cc2nccnn12. The number of aryl methyl sites for hydroxylation is 1. The van der Waals surface area contributed by atoms with Crippen LogP contribution in [-0.4, -0.2) is 14.6 Å². The Morgan fingerprint density at radius 2 is 2.06 bits per heavy atom. The average molecular weight is 231 g/mol. The lowest BCUT2D eigenvalue weighted by molar-refractivity contribution is 0.434. The van der Waals surface area contributed by atoms with E-state index in [1.807, 2.05) is 4.52 Å². The molecule has 0 aliphatic heterocycles. The van der Waals surface area contributed by atoms with Crippen molar-refractivity contribution in [2.24, 2.45) is 0 Å².